The minimum absolute atomic E-state index is 0.474. The molecule has 1 aliphatic carbocycles. The number of hydrogen-bond acceptors (Lipinski definition) is 1. The topological polar surface area (TPSA) is 12.0 Å². The smallest absolute Gasteiger partial charge is 0.0294 e. The Kier molecular flexibility index (Phi) is 3.88. The van der Waals surface area contributed by atoms with Gasteiger partial charge in [0.2, 0.25) is 0 Å². The summed E-state index contributed by atoms with van der Waals surface area (Å²) >= 11 is 0. The van der Waals surface area contributed by atoms with Crippen molar-refractivity contribution in [2.45, 2.75) is 58.5 Å². The molecule has 94 valence electrons. The summed E-state index contributed by atoms with van der Waals surface area (Å²) in [5.41, 5.74) is 1.96. The molecule has 0 radical (unpaired) electrons. The van der Waals surface area contributed by atoms with Crippen LogP contribution < -0.4 is 5.32 Å². The molecule has 1 aromatic rings. The maximum Gasteiger partial charge on any atom is 0.0294 e. The van der Waals surface area contributed by atoms with Crippen molar-refractivity contribution < 1.29 is 0 Å². The molecule has 0 aliphatic heterocycles. The van der Waals surface area contributed by atoms with E-state index in [9.17, 15) is 0 Å². The second kappa shape index (κ2) is 5.22. The molecular formula is C16H25N. The fourth-order valence-corrected chi connectivity index (χ4v) is 2.76. The molecule has 1 atom stereocenters. The van der Waals surface area contributed by atoms with Crippen LogP contribution in [0.2, 0.25) is 0 Å². The van der Waals surface area contributed by atoms with Crippen molar-refractivity contribution in [2.24, 2.45) is 5.41 Å². The molecule has 1 heteroatoms. The molecule has 1 unspecified atom stereocenters. The van der Waals surface area contributed by atoms with E-state index >= 15 is 0 Å². The Balaban J connectivity index is 1.86. The summed E-state index contributed by atoms with van der Waals surface area (Å²) < 4.78 is 0. The average molecular weight is 231 g/mol. The zero-order valence-corrected chi connectivity index (χ0v) is 11.4. The summed E-state index contributed by atoms with van der Waals surface area (Å²) in [6.45, 7) is 7.06. The minimum atomic E-state index is 0.474. The summed E-state index contributed by atoms with van der Waals surface area (Å²) in [5, 5.41) is 3.77. The predicted octanol–water partition coefficient (Wildman–Crippen LogP) is 4.31. The highest BCUT2D eigenvalue weighted by atomic mass is 14.9. The van der Waals surface area contributed by atoms with Crippen LogP contribution >= 0.6 is 0 Å². The first-order valence-electron chi connectivity index (χ1n) is 6.88. The molecule has 17 heavy (non-hydrogen) atoms. The van der Waals surface area contributed by atoms with Gasteiger partial charge in [0, 0.05) is 12.1 Å². The third kappa shape index (κ3) is 3.57. The third-order valence-electron chi connectivity index (χ3n) is 4.12. The van der Waals surface area contributed by atoms with Gasteiger partial charge >= 0.3 is 0 Å². The van der Waals surface area contributed by atoms with Gasteiger partial charge in [-0.1, -0.05) is 44.2 Å². The van der Waals surface area contributed by atoms with Crippen LogP contribution in [0.25, 0.3) is 0 Å². The Morgan fingerprint density at radius 1 is 1.12 bits per heavy atom. The van der Waals surface area contributed by atoms with Crippen LogP contribution in [0.1, 0.15) is 58.1 Å². The van der Waals surface area contributed by atoms with Crippen LogP contribution in [0, 0.1) is 5.41 Å². The van der Waals surface area contributed by atoms with Gasteiger partial charge in [-0.15, -0.1) is 0 Å². The van der Waals surface area contributed by atoms with Crippen LogP contribution in [-0.2, 0) is 0 Å². The zero-order valence-electron chi connectivity index (χ0n) is 11.4. The summed E-state index contributed by atoms with van der Waals surface area (Å²) in [4.78, 5) is 0. The van der Waals surface area contributed by atoms with Crippen molar-refractivity contribution in [1.29, 1.82) is 0 Å². The van der Waals surface area contributed by atoms with E-state index in [1.54, 1.807) is 0 Å². The summed E-state index contributed by atoms with van der Waals surface area (Å²) in [7, 11) is 0. The number of rotatable bonds is 3. The van der Waals surface area contributed by atoms with Crippen LogP contribution in [-0.4, -0.2) is 6.04 Å². The maximum absolute atomic E-state index is 3.77. The normalized spacial score (nSPS) is 22.3. The Hall–Kier alpha value is -0.820. The van der Waals surface area contributed by atoms with E-state index in [1.165, 1.54) is 31.2 Å². The highest BCUT2D eigenvalue weighted by Crippen LogP contribution is 2.35. The Bertz CT molecular complexity index is 332. The molecule has 0 aromatic heterocycles. The standard InChI is InChI=1S/C16H25N/c1-13(14-7-5-4-6-8-14)17-15-9-11-16(2,3)12-10-15/h4-8,13,15,17H,9-12H2,1-3H3. The maximum atomic E-state index is 3.77. The van der Waals surface area contributed by atoms with Crippen molar-refractivity contribution in [1.82, 2.24) is 5.32 Å². The minimum Gasteiger partial charge on any atom is -0.307 e. The molecule has 0 bridgehead atoms. The molecule has 0 saturated heterocycles. The van der Waals surface area contributed by atoms with Gasteiger partial charge in [0.15, 0.2) is 0 Å². The van der Waals surface area contributed by atoms with Crippen molar-refractivity contribution in [3.63, 3.8) is 0 Å². The van der Waals surface area contributed by atoms with Crippen LogP contribution in [0.15, 0.2) is 30.3 Å². The van der Waals surface area contributed by atoms with Gasteiger partial charge < -0.3 is 5.32 Å². The number of nitrogens with one attached hydrogen (secondary N) is 1. The van der Waals surface area contributed by atoms with Gasteiger partial charge in [-0.3, -0.25) is 0 Å². The van der Waals surface area contributed by atoms with Gasteiger partial charge in [0.1, 0.15) is 0 Å². The molecule has 1 nitrogen and oxygen atoms in total. The molecule has 0 amide bonds. The lowest BCUT2D eigenvalue weighted by Gasteiger charge is -2.36. The van der Waals surface area contributed by atoms with Gasteiger partial charge in [-0.05, 0) is 43.6 Å². The predicted molar refractivity (Wildman–Crippen MR) is 74.0 cm³/mol. The Morgan fingerprint density at radius 3 is 2.29 bits per heavy atom. The van der Waals surface area contributed by atoms with E-state index in [0.717, 1.165) is 0 Å². The van der Waals surface area contributed by atoms with Gasteiger partial charge in [0.25, 0.3) is 0 Å². The van der Waals surface area contributed by atoms with Crippen molar-refractivity contribution in [2.75, 3.05) is 0 Å². The lowest BCUT2D eigenvalue weighted by Crippen LogP contribution is -2.36. The summed E-state index contributed by atoms with van der Waals surface area (Å²) in [6, 6.07) is 11.9. The van der Waals surface area contributed by atoms with Crippen LogP contribution in [0.5, 0.6) is 0 Å². The molecule has 1 saturated carbocycles. The van der Waals surface area contributed by atoms with Crippen LogP contribution in [0.4, 0.5) is 0 Å². The molecule has 1 N–H and O–H groups in total. The fraction of sp³-hybridized carbons (Fsp3) is 0.625. The molecule has 1 aromatic carbocycles. The summed E-state index contributed by atoms with van der Waals surface area (Å²) in [5.74, 6) is 0. The molecule has 1 fully saturated rings. The van der Waals surface area contributed by atoms with Crippen molar-refractivity contribution in [3.8, 4) is 0 Å². The van der Waals surface area contributed by atoms with E-state index in [1.807, 2.05) is 0 Å². The quantitative estimate of drug-likeness (QED) is 0.817. The SMILES string of the molecule is CC(NC1CCC(C)(C)CC1)c1ccccc1. The monoisotopic (exact) mass is 231 g/mol. The second-order valence-corrected chi connectivity index (χ2v) is 6.24. The zero-order chi connectivity index (χ0) is 12.3. The van der Waals surface area contributed by atoms with Crippen LogP contribution in [0.3, 0.4) is 0 Å². The van der Waals surface area contributed by atoms with Gasteiger partial charge in [-0.25, -0.2) is 0 Å². The molecule has 0 spiro atoms. The van der Waals surface area contributed by atoms with Crippen molar-refractivity contribution >= 4 is 0 Å². The molecule has 0 heterocycles. The molecule has 2 rings (SSSR count). The first-order chi connectivity index (χ1) is 8.07. The van der Waals surface area contributed by atoms with E-state index in [4.69, 9.17) is 0 Å². The second-order valence-electron chi connectivity index (χ2n) is 6.24. The van der Waals surface area contributed by atoms with Gasteiger partial charge in [0.05, 0.1) is 0 Å². The largest absolute Gasteiger partial charge is 0.307 e. The van der Waals surface area contributed by atoms with E-state index in [2.05, 4.69) is 56.4 Å². The first-order valence-corrected chi connectivity index (χ1v) is 6.88. The lowest BCUT2D eigenvalue weighted by molar-refractivity contribution is 0.200. The number of benzene rings is 1. The first kappa shape index (κ1) is 12.6. The van der Waals surface area contributed by atoms with E-state index < -0.39 is 0 Å². The Labute approximate surface area is 106 Å². The van der Waals surface area contributed by atoms with Crippen molar-refractivity contribution in [3.05, 3.63) is 35.9 Å². The third-order valence-corrected chi connectivity index (χ3v) is 4.12. The molecular weight excluding hydrogens is 206 g/mol. The van der Waals surface area contributed by atoms with E-state index in [-0.39, 0.29) is 0 Å². The molecule has 1 aliphatic rings. The van der Waals surface area contributed by atoms with Gasteiger partial charge in [-0.2, -0.15) is 0 Å². The number of hydrogen-bond donors (Lipinski definition) is 1. The fourth-order valence-electron chi connectivity index (χ4n) is 2.76. The lowest BCUT2D eigenvalue weighted by atomic mass is 9.75. The van der Waals surface area contributed by atoms with E-state index in [0.29, 0.717) is 17.5 Å². The summed E-state index contributed by atoms with van der Waals surface area (Å²) in [6.07, 6.45) is 5.35. The highest BCUT2D eigenvalue weighted by molar-refractivity contribution is 5.18. The average Bonchev–Trinajstić information content (AvgIpc) is 2.33. The highest BCUT2D eigenvalue weighted by Gasteiger charge is 2.27. The Morgan fingerprint density at radius 2 is 1.71 bits per heavy atom.